The van der Waals surface area contributed by atoms with Gasteiger partial charge in [-0.1, -0.05) is 0 Å². The second kappa shape index (κ2) is 3.23. The quantitative estimate of drug-likeness (QED) is 0.429. The lowest BCUT2D eigenvalue weighted by Crippen LogP contribution is -2.32. The number of hydrogen-bond acceptors (Lipinski definition) is 4. The number of hydrogen-bond donors (Lipinski definition) is 4. The van der Waals surface area contributed by atoms with E-state index in [1.54, 1.807) is 0 Å². The van der Waals surface area contributed by atoms with Crippen LogP contribution in [0.3, 0.4) is 0 Å². The number of nitrogens with one attached hydrogen (secondary N) is 2. The van der Waals surface area contributed by atoms with Crippen molar-refractivity contribution in [1.29, 1.82) is 0 Å². The van der Waals surface area contributed by atoms with Crippen molar-refractivity contribution in [1.82, 2.24) is 9.97 Å². The minimum absolute atomic E-state index is 0.188. The molecule has 0 amide bonds. The van der Waals surface area contributed by atoms with Gasteiger partial charge in [-0.15, -0.1) is 0 Å². The molecule has 0 fully saturated rings. The molecule has 1 aromatic rings. The van der Waals surface area contributed by atoms with Gasteiger partial charge < -0.3 is 15.8 Å². The smallest absolute Gasteiger partial charge is 0.325 e. The normalized spacial score (nSPS) is 12.4. The van der Waals surface area contributed by atoms with Gasteiger partial charge in [0.25, 0.3) is 5.56 Å². The molecule has 7 heteroatoms. The molecule has 5 N–H and O–H groups in total. The van der Waals surface area contributed by atoms with E-state index in [0.717, 1.165) is 6.20 Å². The van der Waals surface area contributed by atoms with Crippen LogP contribution in [0.4, 0.5) is 0 Å². The summed E-state index contributed by atoms with van der Waals surface area (Å²) in [5, 5.41) is 8.46. The number of H-pyrrole nitrogens is 2. The standard InChI is InChI=1S/C6H7N3O4/c7-3(5(11)12)2-1-8-6(13)9-4(2)10/h1,3H,7H2,(H,11,12)(H2,8,9,10,13)/t3-/m1/s1. The molecule has 0 unspecified atom stereocenters. The van der Waals surface area contributed by atoms with E-state index in [2.05, 4.69) is 4.98 Å². The fourth-order valence-corrected chi connectivity index (χ4v) is 0.784. The van der Waals surface area contributed by atoms with E-state index < -0.39 is 23.3 Å². The summed E-state index contributed by atoms with van der Waals surface area (Å²) in [6.07, 6.45) is 0.986. The van der Waals surface area contributed by atoms with Gasteiger partial charge in [-0.2, -0.15) is 0 Å². The second-order valence-electron chi connectivity index (χ2n) is 2.34. The van der Waals surface area contributed by atoms with Crippen LogP contribution in [0.2, 0.25) is 0 Å². The Labute approximate surface area is 71.2 Å². The molecular formula is C6H7N3O4. The van der Waals surface area contributed by atoms with Crippen LogP contribution in [-0.4, -0.2) is 21.0 Å². The maximum Gasteiger partial charge on any atom is 0.325 e. The van der Waals surface area contributed by atoms with Crippen molar-refractivity contribution >= 4 is 5.97 Å². The first-order valence-corrected chi connectivity index (χ1v) is 3.32. The van der Waals surface area contributed by atoms with Crippen LogP contribution in [0.25, 0.3) is 0 Å². The molecule has 13 heavy (non-hydrogen) atoms. The summed E-state index contributed by atoms with van der Waals surface area (Å²) in [6.45, 7) is 0. The van der Waals surface area contributed by atoms with Crippen LogP contribution < -0.4 is 17.0 Å². The molecule has 1 aromatic heterocycles. The van der Waals surface area contributed by atoms with Crippen molar-refractivity contribution in [2.45, 2.75) is 6.04 Å². The Morgan fingerprint density at radius 1 is 1.54 bits per heavy atom. The summed E-state index contributed by atoms with van der Waals surface area (Å²) in [5.74, 6) is -1.34. The minimum atomic E-state index is -1.43. The Balaban J connectivity index is 3.24. The molecule has 0 aliphatic carbocycles. The van der Waals surface area contributed by atoms with E-state index >= 15 is 0 Å². The number of carbonyl (C=O) groups is 1. The highest BCUT2D eigenvalue weighted by atomic mass is 16.4. The molecule has 7 nitrogen and oxygen atoms in total. The van der Waals surface area contributed by atoms with E-state index in [0.29, 0.717) is 0 Å². The van der Waals surface area contributed by atoms with Gasteiger partial charge in [0.2, 0.25) is 0 Å². The van der Waals surface area contributed by atoms with Crippen molar-refractivity contribution in [3.05, 3.63) is 32.6 Å². The molecule has 0 bridgehead atoms. The van der Waals surface area contributed by atoms with E-state index in [4.69, 9.17) is 10.8 Å². The van der Waals surface area contributed by atoms with Crippen molar-refractivity contribution in [2.24, 2.45) is 5.73 Å². The van der Waals surface area contributed by atoms with Crippen LogP contribution >= 0.6 is 0 Å². The van der Waals surface area contributed by atoms with Crippen molar-refractivity contribution in [3.63, 3.8) is 0 Å². The van der Waals surface area contributed by atoms with E-state index in [9.17, 15) is 14.4 Å². The third-order valence-corrected chi connectivity index (χ3v) is 1.45. The summed E-state index contributed by atoms with van der Waals surface area (Å²) < 4.78 is 0. The lowest BCUT2D eigenvalue weighted by molar-refractivity contribution is -0.138. The highest BCUT2D eigenvalue weighted by molar-refractivity contribution is 5.74. The molecular weight excluding hydrogens is 178 g/mol. The maximum absolute atomic E-state index is 11.0. The molecule has 0 spiro atoms. The van der Waals surface area contributed by atoms with Crippen molar-refractivity contribution in [2.75, 3.05) is 0 Å². The first-order valence-electron chi connectivity index (χ1n) is 3.32. The van der Waals surface area contributed by atoms with Gasteiger partial charge >= 0.3 is 11.7 Å². The van der Waals surface area contributed by atoms with Crippen LogP contribution in [0, 0.1) is 0 Å². The number of rotatable bonds is 2. The lowest BCUT2D eigenvalue weighted by Gasteiger charge is -2.03. The number of nitrogens with two attached hydrogens (primary N) is 1. The van der Waals surface area contributed by atoms with Gasteiger partial charge in [0.15, 0.2) is 0 Å². The SMILES string of the molecule is N[C@@H](C(=O)O)c1c[nH]c(=O)[nH]c1=O. The fourth-order valence-electron chi connectivity index (χ4n) is 0.784. The predicted molar refractivity (Wildman–Crippen MR) is 42.2 cm³/mol. The zero-order chi connectivity index (χ0) is 10.0. The van der Waals surface area contributed by atoms with E-state index in [1.807, 2.05) is 4.98 Å². The first-order chi connectivity index (χ1) is 6.02. The number of aromatic amines is 2. The Kier molecular flexibility index (Phi) is 2.29. The van der Waals surface area contributed by atoms with Crippen molar-refractivity contribution < 1.29 is 9.90 Å². The summed E-state index contributed by atoms with van der Waals surface area (Å²) in [7, 11) is 0. The maximum atomic E-state index is 11.0. The van der Waals surface area contributed by atoms with Crippen LogP contribution in [0.5, 0.6) is 0 Å². The lowest BCUT2D eigenvalue weighted by atomic mass is 10.2. The van der Waals surface area contributed by atoms with Crippen LogP contribution in [0.15, 0.2) is 15.8 Å². The van der Waals surface area contributed by atoms with Gasteiger partial charge in [-0.05, 0) is 0 Å². The van der Waals surface area contributed by atoms with E-state index in [-0.39, 0.29) is 5.56 Å². The molecule has 1 heterocycles. The predicted octanol–water partition coefficient (Wildman–Crippen LogP) is -1.85. The zero-order valence-corrected chi connectivity index (χ0v) is 6.40. The topological polar surface area (TPSA) is 129 Å². The molecule has 1 rings (SSSR count). The monoisotopic (exact) mass is 185 g/mol. The third kappa shape index (κ3) is 1.82. The molecule has 0 aliphatic rings. The van der Waals surface area contributed by atoms with Gasteiger partial charge in [0.1, 0.15) is 6.04 Å². The summed E-state index contributed by atoms with van der Waals surface area (Å²) in [6, 6.07) is -1.43. The third-order valence-electron chi connectivity index (χ3n) is 1.45. The van der Waals surface area contributed by atoms with Gasteiger partial charge in [-0.25, -0.2) is 4.79 Å². The Hall–Kier alpha value is -1.89. The number of aromatic nitrogens is 2. The van der Waals surface area contributed by atoms with Crippen LogP contribution in [-0.2, 0) is 4.79 Å². The molecule has 0 radical (unpaired) electrons. The highest BCUT2D eigenvalue weighted by Crippen LogP contribution is 2.00. The molecule has 1 atom stereocenters. The molecule has 0 aliphatic heterocycles. The number of aliphatic carboxylic acids is 1. The van der Waals surface area contributed by atoms with Gasteiger partial charge in [-0.3, -0.25) is 14.6 Å². The largest absolute Gasteiger partial charge is 0.480 e. The van der Waals surface area contributed by atoms with Crippen molar-refractivity contribution in [3.8, 4) is 0 Å². The molecule has 0 saturated heterocycles. The van der Waals surface area contributed by atoms with Crippen LogP contribution in [0.1, 0.15) is 11.6 Å². The number of carboxylic acid groups (broad SMARTS) is 1. The Morgan fingerprint density at radius 3 is 2.62 bits per heavy atom. The summed E-state index contributed by atoms with van der Waals surface area (Å²) >= 11 is 0. The van der Waals surface area contributed by atoms with Gasteiger partial charge in [0, 0.05) is 6.20 Å². The van der Waals surface area contributed by atoms with Gasteiger partial charge in [0.05, 0.1) is 5.56 Å². The molecule has 0 saturated carbocycles. The Bertz CT molecular complexity index is 432. The summed E-state index contributed by atoms with van der Waals surface area (Å²) in [5.41, 5.74) is 3.46. The Morgan fingerprint density at radius 2 is 2.15 bits per heavy atom. The fraction of sp³-hybridized carbons (Fsp3) is 0.167. The first kappa shape index (κ1) is 9.20. The second-order valence-corrected chi connectivity index (χ2v) is 2.34. The minimum Gasteiger partial charge on any atom is -0.480 e. The summed E-state index contributed by atoms with van der Waals surface area (Å²) in [4.78, 5) is 35.9. The number of carboxylic acids is 1. The highest BCUT2D eigenvalue weighted by Gasteiger charge is 2.17. The molecule has 0 aromatic carbocycles. The zero-order valence-electron chi connectivity index (χ0n) is 6.40. The average molecular weight is 185 g/mol. The average Bonchev–Trinajstić information content (AvgIpc) is 2.03. The van der Waals surface area contributed by atoms with E-state index in [1.165, 1.54) is 0 Å². The molecule has 70 valence electrons.